The van der Waals surface area contributed by atoms with E-state index in [0.29, 0.717) is 18.5 Å². The van der Waals surface area contributed by atoms with Gasteiger partial charge in [-0.15, -0.1) is 0 Å². The molecule has 1 heterocycles. The van der Waals surface area contributed by atoms with Gasteiger partial charge in [0.1, 0.15) is 0 Å². The number of hydrogen-bond acceptors (Lipinski definition) is 6. The predicted molar refractivity (Wildman–Crippen MR) is 84.8 cm³/mol. The zero-order chi connectivity index (χ0) is 17.8. The molecular formula is C16H19N3O5. The van der Waals surface area contributed by atoms with Gasteiger partial charge in [0.05, 0.1) is 16.0 Å². The highest BCUT2D eigenvalue weighted by Crippen LogP contribution is 2.65. The van der Waals surface area contributed by atoms with Crippen molar-refractivity contribution in [3.63, 3.8) is 0 Å². The molecule has 2 bridgehead atoms. The maximum atomic E-state index is 12.7. The minimum Gasteiger partial charge on any atom is -0.448 e. The molecule has 128 valence electrons. The average Bonchev–Trinajstić information content (AvgIpc) is 2.83. The van der Waals surface area contributed by atoms with Crippen LogP contribution in [0.3, 0.4) is 0 Å². The van der Waals surface area contributed by atoms with Crippen molar-refractivity contribution in [2.45, 2.75) is 39.2 Å². The van der Waals surface area contributed by atoms with E-state index in [1.54, 1.807) is 0 Å². The lowest BCUT2D eigenvalue weighted by Gasteiger charge is -2.35. The number of benzene rings is 1. The summed E-state index contributed by atoms with van der Waals surface area (Å²) >= 11 is 0. The second-order valence-electron chi connectivity index (χ2n) is 7.06. The number of nitro groups is 1. The molecule has 1 amide bonds. The number of fused-ring (bicyclic) bond motifs is 2. The Kier molecular flexibility index (Phi) is 3.33. The van der Waals surface area contributed by atoms with Crippen LogP contribution in [0.25, 0.3) is 0 Å². The topological polar surface area (TPSA) is 111 Å². The molecule has 0 unspecified atom stereocenters. The number of anilines is 1. The molecule has 8 heteroatoms. The number of amides is 1. The average molecular weight is 333 g/mol. The lowest BCUT2D eigenvalue weighted by Crippen LogP contribution is -2.54. The minimum absolute atomic E-state index is 0.0390. The molecule has 2 aliphatic rings. The van der Waals surface area contributed by atoms with Crippen LogP contribution in [0.4, 0.5) is 11.4 Å². The number of carbonyl (C=O) groups is 2. The number of non-ortho nitro benzene ring substituents is 1. The second kappa shape index (κ2) is 4.93. The standard InChI is InChI=1S/C16H19N3O5/c1-14(2)15(3)8-9-16(14,24-13(15)21)12(20)18-17-10-4-6-11(7-5-10)19(22)23/h4-7,17H,8-9H2,1-3H3,(H,18,20)/t15-,16-/m0/s1. The largest absolute Gasteiger partial charge is 0.448 e. The fourth-order valence-electron chi connectivity index (χ4n) is 3.64. The van der Waals surface area contributed by atoms with Gasteiger partial charge in [0.2, 0.25) is 0 Å². The molecule has 24 heavy (non-hydrogen) atoms. The number of nitro benzene ring substituents is 1. The van der Waals surface area contributed by atoms with Crippen molar-refractivity contribution < 1.29 is 19.2 Å². The first-order chi connectivity index (χ1) is 11.1. The summed E-state index contributed by atoms with van der Waals surface area (Å²) < 4.78 is 5.49. The van der Waals surface area contributed by atoms with E-state index in [1.165, 1.54) is 24.3 Å². The highest BCUT2D eigenvalue weighted by atomic mass is 16.6. The number of esters is 1. The van der Waals surface area contributed by atoms with E-state index < -0.39 is 27.3 Å². The molecule has 2 fully saturated rings. The molecule has 8 nitrogen and oxygen atoms in total. The van der Waals surface area contributed by atoms with E-state index in [1.807, 2.05) is 20.8 Å². The SMILES string of the molecule is CC1(C)[C@@]2(C)CC[C@@]1(C(=O)NNc1ccc([N+](=O)[O-])cc1)OC2=O. The molecule has 0 radical (unpaired) electrons. The normalized spacial score (nSPS) is 29.9. The molecule has 3 rings (SSSR count). The molecule has 0 aromatic heterocycles. The first-order valence-corrected chi connectivity index (χ1v) is 7.68. The van der Waals surface area contributed by atoms with Gasteiger partial charge in [-0.1, -0.05) is 13.8 Å². The molecule has 1 aromatic rings. The Morgan fingerprint density at radius 1 is 1.21 bits per heavy atom. The van der Waals surface area contributed by atoms with Crippen molar-refractivity contribution in [2.75, 3.05) is 5.43 Å². The van der Waals surface area contributed by atoms with Crippen LogP contribution in [0.2, 0.25) is 0 Å². The molecular weight excluding hydrogens is 314 g/mol. The van der Waals surface area contributed by atoms with Crippen molar-refractivity contribution in [3.05, 3.63) is 34.4 Å². The molecule has 1 saturated carbocycles. The zero-order valence-electron chi connectivity index (χ0n) is 13.7. The fraction of sp³-hybridized carbons (Fsp3) is 0.500. The van der Waals surface area contributed by atoms with E-state index in [2.05, 4.69) is 10.9 Å². The Labute approximate surface area is 138 Å². The third kappa shape index (κ3) is 1.92. The fourth-order valence-corrected chi connectivity index (χ4v) is 3.64. The summed E-state index contributed by atoms with van der Waals surface area (Å²) in [6.45, 7) is 5.58. The molecule has 1 saturated heterocycles. The van der Waals surface area contributed by atoms with Gasteiger partial charge in [-0.3, -0.25) is 30.6 Å². The van der Waals surface area contributed by atoms with Crippen LogP contribution in [-0.2, 0) is 14.3 Å². The van der Waals surface area contributed by atoms with Crippen LogP contribution in [-0.4, -0.2) is 22.4 Å². The number of hydrogen-bond donors (Lipinski definition) is 2. The van der Waals surface area contributed by atoms with Gasteiger partial charge in [0.25, 0.3) is 11.6 Å². The summed E-state index contributed by atoms with van der Waals surface area (Å²) in [5.41, 5.74) is 3.24. The van der Waals surface area contributed by atoms with Crippen LogP contribution in [0.5, 0.6) is 0 Å². The van der Waals surface area contributed by atoms with Crippen LogP contribution < -0.4 is 10.9 Å². The molecule has 1 aliphatic heterocycles. The van der Waals surface area contributed by atoms with Crippen LogP contribution >= 0.6 is 0 Å². The van der Waals surface area contributed by atoms with E-state index in [9.17, 15) is 19.7 Å². The quantitative estimate of drug-likeness (QED) is 0.496. The van der Waals surface area contributed by atoms with Gasteiger partial charge in [0.15, 0.2) is 5.60 Å². The van der Waals surface area contributed by atoms with Crippen LogP contribution in [0, 0.1) is 20.9 Å². The number of nitrogens with one attached hydrogen (secondary N) is 2. The highest BCUT2D eigenvalue weighted by Gasteiger charge is 2.75. The lowest BCUT2D eigenvalue weighted by atomic mass is 9.66. The monoisotopic (exact) mass is 333 g/mol. The van der Waals surface area contributed by atoms with E-state index in [-0.39, 0.29) is 11.7 Å². The first kappa shape index (κ1) is 16.2. The number of carbonyl (C=O) groups excluding carboxylic acids is 2. The summed E-state index contributed by atoms with van der Waals surface area (Å²) in [4.78, 5) is 35.0. The minimum atomic E-state index is -1.20. The van der Waals surface area contributed by atoms with Crippen molar-refractivity contribution in [1.29, 1.82) is 0 Å². The Morgan fingerprint density at radius 2 is 1.83 bits per heavy atom. The van der Waals surface area contributed by atoms with E-state index in [4.69, 9.17) is 4.74 Å². The van der Waals surface area contributed by atoms with E-state index >= 15 is 0 Å². The van der Waals surface area contributed by atoms with Crippen molar-refractivity contribution in [2.24, 2.45) is 10.8 Å². The van der Waals surface area contributed by atoms with Gasteiger partial charge in [-0.05, 0) is 31.9 Å². The maximum absolute atomic E-state index is 12.7. The number of nitrogens with zero attached hydrogens (tertiary/aromatic N) is 1. The second-order valence-corrected chi connectivity index (χ2v) is 7.06. The summed E-state index contributed by atoms with van der Waals surface area (Å²) in [6.07, 6.45) is 1.07. The molecule has 1 aromatic carbocycles. The van der Waals surface area contributed by atoms with Crippen LogP contribution in [0.1, 0.15) is 33.6 Å². The molecule has 2 atom stereocenters. The third-order valence-corrected chi connectivity index (χ3v) is 5.85. The van der Waals surface area contributed by atoms with Gasteiger partial charge in [0, 0.05) is 17.5 Å². The van der Waals surface area contributed by atoms with Gasteiger partial charge in [-0.25, -0.2) is 0 Å². The smallest absolute Gasteiger partial charge is 0.313 e. The van der Waals surface area contributed by atoms with Gasteiger partial charge < -0.3 is 4.74 Å². The summed E-state index contributed by atoms with van der Waals surface area (Å²) in [5, 5.41) is 10.6. The lowest BCUT2D eigenvalue weighted by molar-refractivity contribution is -0.384. The summed E-state index contributed by atoms with van der Waals surface area (Å²) in [6, 6.07) is 5.64. The number of hydrazine groups is 1. The van der Waals surface area contributed by atoms with Gasteiger partial charge >= 0.3 is 5.97 Å². The summed E-state index contributed by atoms with van der Waals surface area (Å²) in [5.74, 6) is -0.760. The summed E-state index contributed by atoms with van der Waals surface area (Å²) in [7, 11) is 0. The Hall–Kier alpha value is -2.64. The van der Waals surface area contributed by atoms with Crippen LogP contribution in [0.15, 0.2) is 24.3 Å². The Balaban J connectivity index is 1.74. The molecule has 2 N–H and O–H groups in total. The number of rotatable bonds is 4. The predicted octanol–water partition coefficient (Wildman–Crippen LogP) is 2.16. The maximum Gasteiger partial charge on any atom is 0.313 e. The Bertz CT molecular complexity index is 730. The Morgan fingerprint density at radius 3 is 2.29 bits per heavy atom. The van der Waals surface area contributed by atoms with E-state index in [0.717, 1.165) is 0 Å². The third-order valence-electron chi connectivity index (χ3n) is 5.85. The number of ether oxygens (including phenoxy) is 1. The highest BCUT2D eigenvalue weighted by molar-refractivity contribution is 5.96. The molecule has 0 spiro atoms. The zero-order valence-corrected chi connectivity index (χ0v) is 13.7. The molecule has 1 aliphatic carbocycles. The van der Waals surface area contributed by atoms with Gasteiger partial charge in [-0.2, -0.15) is 0 Å². The van der Waals surface area contributed by atoms with Crippen molar-refractivity contribution in [3.8, 4) is 0 Å². The van der Waals surface area contributed by atoms with Crippen molar-refractivity contribution in [1.82, 2.24) is 5.43 Å². The van der Waals surface area contributed by atoms with Crippen molar-refractivity contribution >= 4 is 23.3 Å². The first-order valence-electron chi connectivity index (χ1n) is 7.68.